The first-order valence-electron chi connectivity index (χ1n) is 5.49. The van der Waals surface area contributed by atoms with Gasteiger partial charge in [-0.1, -0.05) is 32.0 Å². The van der Waals surface area contributed by atoms with E-state index >= 15 is 0 Å². The number of hydrogen-bond acceptors (Lipinski definition) is 3. The zero-order valence-electron chi connectivity index (χ0n) is 10.3. The molecule has 1 aromatic carbocycles. The maximum absolute atomic E-state index is 13.3. The molecule has 0 aliphatic rings. The number of hydrogen-bond donors (Lipinski definition) is 0. The van der Waals surface area contributed by atoms with Crippen LogP contribution in [0, 0.1) is 11.7 Å². The number of carbonyl (C=O) groups is 1. The van der Waals surface area contributed by atoms with Gasteiger partial charge >= 0.3 is 5.97 Å². The van der Waals surface area contributed by atoms with Crippen LogP contribution in [0.25, 0.3) is 0 Å². The molecule has 0 aromatic heterocycles. The van der Waals surface area contributed by atoms with Crippen molar-refractivity contribution < 1.29 is 18.7 Å². The van der Waals surface area contributed by atoms with Crippen LogP contribution < -0.4 is 0 Å². The quantitative estimate of drug-likeness (QED) is 0.742. The summed E-state index contributed by atoms with van der Waals surface area (Å²) in [6.45, 7) is 3.76. The summed E-state index contributed by atoms with van der Waals surface area (Å²) in [6.07, 6.45) is -0.667. The zero-order valence-corrected chi connectivity index (χ0v) is 10.3. The largest absolute Gasteiger partial charge is 0.467 e. The van der Waals surface area contributed by atoms with Crippen LogP contribution in [0.1, 0.15) is 19.4 Å². The monoisotopic (exact) mass is 240 g/mol. The number of carbonyl (C=O) groups excluding carboxylic acids is 1. The Kier molecular flexibility index (Phi) is 5.10. The van der Waals surface area contributed by atoms with Gasteiger partial charge in [-0.3, -0.25) is 0 Å². The van der Waals surface area contributed by atoms with Gasteiger partial charge in [0.15, 0.2) is 6.10 Å². The van der Waals surface area contributed by atoms with E-state index < -0.39 is 12.1 Å². The van der Waals surface area contributed by atoms with Crippen LogP contribution in [0.5, 0.6) is 0 Å². The lowest BCUT2D eigenvalue weighted by Crippen LogP contribution is -2.30. The van der Waals surface area contributed by atoms with E-state index in [0.717, 1.165) is 0 Å². The number of benzene rings is 1. The highest BCUT2D eigenvalue weighted by Gasteiger charge is 2.23. The minimum Gasteiger partial charge on any atom is -0.467 e. The van der Waals surface area contributed by atoms with Gasteiger partial charge in [0.1, 0.15) is 5.82 Å². The molecular formula is C13H17FO3. The summed E-state index contributed by atoms with van der Waals surface area (Å²) in [5, 5.41) is 0. The van der Waals surface area contributed by atoms with E-state index in [-0.39, 0.29) is 18.3 Å². The fourth-order valence-electron chi connectivity index (χ4n) is 1.44. The third-order valence-electron chi connectivity index (χ3n) is 2.42. The summed E-state index contributed by atoms with van der Waals surface area (Å²) in [6, 6.07) is 6.33. The molecule has 0 heterocycles. The van der Waals surface area contributed by atoms with E-state index in [9.17, 15) is 9.18 Å². The molecule has 0 fully saturated rings. The van der Waals surface area contributed by atoms with Gasteiger partial charge < -0.3 is 9.47 Å². The maximum Gasteiger partial charge on any atom is 0.335 e. The third-order valence-corrected chi connectivity index (χ3v) is 2.42. The summed E-state index contributed by atoms with van der Waals surface area (Å²) >= 11 is 0. The second-order valence-electron chi connectivity index (χ2n) is 4.09. The van der Waals surface area contributed by atoms with E-state index in [2.05, 4.69) is 4.74 Å². The highest BCUT2D eigenvalue weighted by molar-refractivity contribution is 5.74. The Hall–Kier alpha value is -1.42. The zero-order chi connectivity index (χ0) is 12.8. The number of esters is 1. The van der Waals surface area contributed by atoms with Crippen LogP contribution in [0.15, 0.2) is 24.3 Å². The first kappa shape index (κ1) is 13.6. The molecule has 0 spiro atoms. The summed E-state index contributed by atoms with van der Waals surface area (Å²) in [7, 11) is 1.31. The summed E-state index contributed by atoms with van der Waals surface area (Å²) in [5.74, 6) is -0.787. The van der Waals surface area contributed by atoms with Crippen LogP contribution in [-0.4, -0.2) is 19.2 Å². The van der Waals surface area contributed by atoms with E-state index in [0.29, 0.717) is 5.56 Å². The molecule has 0 N–H and O–H groups in total. The molecule has 0 bridgehead atoms. The van der Waals surface area contributed by atoms with Gasteiger partial charge in [0.2, 0.25) is 0 Å². The maximum atomic E-state index is 13.3. The summed E-state index contributed by atoms with van der Waals surface area (Å²) < 4.78 is 23.4. The molecule has 0 saturated carbocycles. The molecule has 0 aliphatic heterocycles. The minimum atomic E-state index is -0.667. The number of ether oxygens (including phenoxy) is 2. The SMILES string of the molecule is COC(=O)C(OCc1ccccc1F)C(C)C. The molecule has 1 atom stereocenters. The molecule has 0 amide bonds. The molecule has 0 saturated heterocycles. The molecule has 0 aliphatic carbocycles. The highest BCUT2D eigenvalue weighted by Crippen LogP contribution is 2.14. The standard InChI is InChI=1S/C13H17FO3/c1-9(2)12(13(15)16-3)17-8-10-6-4-5-7-11(10)14/h4-7,9,12H,8H2,1-3H3. The highest BCUT2D eigenvalue weighted by atomic mass is 19.1. The van der Waals surface area contributed by atoms with Gasteiger partial charge in [0.25, 0.3) is 0 Å². The Morgan fingerprint density at radius 2 is 2.00 bits per heavy atom. The van der Waals surface area contributed by atoms with Crippen LogP contribution >= 0.6 is 0 Å². The Morgan fingerprint density at radius 3 is 2.53 bits per heavy atom. The number of halogens is 1. The topological polar surface area (TPSA) is 35.5 Å². The Balaban J connectivity index is 2.64. The Labute approximate surface area is 101 Å². The lowest BCUT2D eigenvalue weighted by molar-refractivity contribution is -0.158. The normalized spacial score (nSPS) is 12.5. The molecule has 17 heavy (non-hydrogen) atoms. The minimum absolute atomic E-state index is 0.0192. The summed E-state index contributed by atoms with van der Waals surface area (Å²) in [5.41, 5.74) is 0.432. The fourth-order valence-corrected chi connectivity index (χ4v) is 1.44. The first-order chi connectivity index (χ1) is 8.06. The van der Waals surface area contributed by atoms with Crippen molar-refractivity contribution in [3.05, 3.63) is 35.6 Å². The second-order valence-corrected chi connectivity index (χ2v) is 4.09. The van der Waals surface area contributed by atoms with Gasteiger partial charge in [-0.05, 0) is 12.0 Å². The Bertz CT molecular complexity index is 377. The van der Waals surface area contributed by atoms with Gasteiger partial charge in [-0.2, -0.15) is 0 Å². The molecule has 1 aromatic rings. The lowest BCUT2D eigenvalue weighted by atomic mass is 10.1. The van der Waals surface area contributed by atoms with E-state index in [1.54, 1.807) is 18.2 Å². The third kappa shape index (κ3) is 3.82. The van der Waals surface area contributed by atoms with Crippen molar-refractivity contribution >= 4 is 5.97 Å². The van der Waals surface area contributed by atoms with Crippen molar-refractivity contribution in [3.63, 3.8) is 0 Å². The van der Waals surface area contributed by atoms with E-state index in [4.69, 9.17) is 4.74 Å². The van der Waals surface area contributed by atoms with E-state index in [1.807, 2.05) is 13.8 Å². The fraction of sp³-hybridized carbons (Fsp3) is 0.462. The van der Waals surface area contributed by atoms with Crippen molar-refractivity contribution in [1.29, 1.82) is 0 Å². The Morgan fingerprint density at radius 1 is 1.35 bits per heavy atom. The van der Waals surface area contributed by atoms with Crippen LogP contribution in [0.2, 0.25) is 0 Å². The average molecular weight is 240 g/mol. The average Bonchev–Trinajstić information content (AvgIpc) is 2.30. The molecule has 3 nitrogen and oxygen atoms in total. The number of methoxy groups -OCH3 is 1. The first-order valence-corrected chi connectivity index (χ1v) is 5.49. The van der Waals surface area contributed by atoms with Crippen molar-refractivity contribution in [1.82, 2.24) is 0 Å². The molecule has 94 valence electrons. The number of rotatable bonds is 5. The molecule has 0 radical (unpaired) electrons. The van der Waals surface area contributed by atoms with Gasteiger partial charge in [-0.15, -0.1) is 0 Å². The predicted molar refractivity (Wildman–Crippen MR) is 61.8 cm³/mol. The van der Waals surface area contributed by atoms with Crippen LogP contribution in [0.4, 0.5) is 4.39 Å². The molecule has 4 heteroatoms. The van der Waals surface area contributed by atoms with Crippen molar-refractivity contribution in [2.24, 2.45) is 5.92 Å². The van der Waals surface area contributed by atoms with Gasteiger partial charge in [-0.25, -0.2) is 9.18 Å². The van der Waals surface area contributed by atoms with Crippen molar-refractivity contribution in [3.8, 4) is 0 Å². The van der Waals surface area contributed by atoms with Crippen LogP contribution in [-0.2, 0) is 20.9 Å². The van der Waals surface area contributed by atoms with Gasteiger partial charge in [0.05, 0.1) is 13.7 Å². The van der Waals surface area contributed by atoms with Crippen molar-refractivity contribution in [2.45, 2.75) is 26.6 Å². The molecule has 1 rings (SSSR count). The molecule has 1 unspecified atom stereocenters. The smallest absolute Gasteiger partial charge is 0.335 e. The second kappa shape index (κ2) is 6.35. The molecular weight excluding hydrogens is 223 g/mol. The van der Waals surface area contributed by atoms with E-state index in [1.165, 1.54) is 13.2 Å². The summed E-state index contributed by atoms with van der Waals surface area (Å²) in [4.78, 5) is 11.4. The van der Waals surface area contributed by atoms with Crippen molar-refractivity contribution in [2.75, 3.05) is 7.11 Å². The van der Waals surface area contributed by atoms with Gasteiger partial charge in [0, 0.05) is 5.56 Å². The van der Waals surface area contributed by atoms with Crippen LogP contribution in [0.3, 0.4) is 0 Å². The lowest BCUT2D eigenvalue weighted by Gasteiger charge is -2.19. The predicted octanol–water partition coefficient (Wildman–Crippen LogP) is 2.54.